The van der Waals surface area contributed by atoms with Crippen LogP contribution < -0.4 is 0 Å². The number of benzene rings is 1. The molecule has 0 fully saturated rings. The zero-order chi connectivity index (χ0) is 13.0. The number of hydrogen-bond acceptors (Lipinski definition) is 2. The van der Waals surface area contributed by atoms with Crippen LogP contribution in [0.15, 0.2) is 42.6 Å². The van der Waals surface area contributed by atoms with Gasteiger partial charge < -0.3 is 9.30 Å². The first kappa shape index (κ1) is 12.2. The molecule has 0 amide bonds. The zero-order valence-electron chi connectivity index (χ0n) is 10.5. The standard InChI is InChI=1S/C15H15NO2/c1-16-11-3-4-14(16)10-7-12-5-8-13(9-6-12)15(17)18-2/h3-11H,1-2H3/b10-7+. The first-order valence-corrected chi connectivity index (χ1v) is 5.68. The first-order chi connectivity index (χ1) is 8.70. The average molecular weight is 241 g/mol. The number of ether oxygens (including phenoxy) is 1. The summed E-state index contributed by atoms with van der Waals surface area (Å²) >= 11 is 0. The van der Waals surface area contributed by atoms with Crippen molar-refractivity contribution in [2.45, 2.75) is 0 Å². The third kappa shape index (κ3) is 2.69. The van der Waals surface area contributed by atoms with Gasteiger partial charge in [0.2, 0.25) is 0 Å². The maximum Gasteiger partial charge on any atom is 0.337 e. The van der Waals surface area contributed by atoms with Gasteiger partial charge in [0.25, 0.3) is 0 Å². The lowest BCUT2D eigenvalue weighted by molar-refractivity contribution is 0.0601. The minimum Gasteiger partial charge on any atom is -0.465 e. The number of methoxy groups -OCH3 is 1. The maximum atomic E-state index is 11.3. The Morgan fingerprint density at radius 1 is 1.17 bits per heavy atom. The molecule has 1 heterocycles. The van der Waals surface area contributed by atoms with Gasteiger partial charge in [0.05, 0.1) is 12.7 Å². The molecule has 0 saturated carbocycles. The molecule has 1 aromatic heterocycles. The van der Waals surface area contributed by atoms with E-state index in [0.29, 0.717) is 5.56 Å². The van der Waals surface area contributed by atoms with Crippen LogP contribution in [-0.4, -0.2) is 17.6 Å². The summed E-state index contributed by atoms with van der Waals surface area (Å²) in [7, 11) is 3.38. The molecule has 2 aromatic rings. The first-order valence-electron chi connectivity index (χ1n) is 5.68. The van der Waals surface area contributed by atoms with Crippen LogP contribution in [-0.2, 0) is 11.8 Å². The maximum absolute atomic E-state index is 11.3. The molecule has 92 valence electrons. The number of aromatic nitrogens is 1. The van der Waals surface area contributed by atoms with Gasteiger partial charge in [-0.2, -0.15) is 0 Å². The van der Waals surface area contributed by atoms with Gasteiger partial charge in [-0.1, -0.05) is 18.2 Å². The number of carbonyl (C=O) groups excluding carboxylic acids is 1. The lowest BCUT2D eigenvalue weighted by atomic mass is 10.1. The smallest absolute Gasteiger partial charge is 0.337 e. The summed E-state index contributed by atoms with van der Waals surface area (Å²) in [6, 6.07) is 11.4. The quantitative estimate of drug-likeness (QED) is 0.773. The fraction of sp³-hybridized carbons (Fsp3) is 0.133. The van der Waals surface area contributed by atoms with Crippen LogP contribution in [0, 0.1) is 0 Å². The Bertz CT molecular complexity index is 564. The molecule has 0 radical (unpaired) electrons. The SMILES string of the molecule is COC(=O)c1ccc(/C=C/c2cccn2C)cc1. The van der Waals surface area contributed by atoms with Crippen LogP contribution in [0.1, 0.15) is 21.6 Å². The Hall–Kier alpha value is -2.29. The Kier molecular flexibility index (Phi) is 3.63. The van der Waals surface area contributed by atoms with E-state index in [0.717, 1.165) is 11.3 Å². The van der Waals surface area contributed by atoms with E-state index >= 15 is 0 Å². The van der Waals surface area contributed by atoms with Crippen LogP contribution in [0.3, 0.4) is 0 Å². The molecule has 0 aliphatic carbocycles. The van der Waals surface area contributed by atoms with Crippen molar-refractivity contribution in [3.05, 3.63) is 59.4 Å². The lowest BCUT2D eigenvalue weighted by Gasteiger charge is -2.00. The second kappa shape index (κ2) is 5.36. The summed E-state index contributed by atoms with van der Waals surface area (Å²) in [4.78, 5) is 11.3. The van der Waals surface area contributed by atoms with E-state index in [9.17, 15) is 4.79 Å². The molecule has 0 N–H and O–H groups in total. The molecule has 0 aliphatic heterocycles. The monoisotopic (exact) mass is 241 g/mol. The number of hydrogen-bond donors (Lipinski definition) is 0. The van der Waals surface area contributed by atoms with E-state index in [1.54, 1.807) is 12.1 Å². The van der Waals surface area contributed by atoms with Crippen LogP contribution in [0.4, 0.5) is 0 Å². The molecule has 18 heavy (non-hydrogen) atoms. The van der Waals surface area contributed by atoms with Crippen molar-refractivity contribution in [3.8, 4) is 0 Å². The van der Waals surface area contributed by atoms with Gasteiger partial charge in [0, 0.05) is 18.9 Å². The number of nitrogens with zero attached hydrogens (tertiary/aromatic N) is 1. The fourth-order valence-corrected chi connectivity index (χ4v) is 1.68. The van der Waals surface area contributed by atoms with E-state index in [1.165, 1.54) is 7.11 Å². The minimum absolute atomic E-state index is 0.312. The molecule has 0 saturated heterocycles. The number of aryl methyl sites for hydroxylation is 1. The molecule has 0 spiro atoms. The molecule has 3 heteroatoms. The Balaban J connectivity index is 2.14. The van der Waals surface area contributed by atoms with Crippen molar-refractivity contribution in [1.82, 2.24) is 4.57 Å². The Labute approximate surface area is 106 Å². The van der Waals surface area contributed by atoms with Crippen LogP contribution >= 0.6 is 0 Å². The van der Waals surface area contributed by atoms with E-state index in [2.05, 4.69) is 4.74 Å². The summed E-state index contributed by atoms with van der Waals surface area (Å²) in [6.45, 7) is 0. The summed E-state index contributed by atoms with van der Waals surface area (Å²) < 4.78 is 6.69. The normalized spacial score (nSPS) is 10.8. The lowest BCUT2D eigenvalue weighted by Crippen LogP contribution is -2.00. The third-order valence-corrected chi connectivity index (χ3v) is 2.76. The van der Waals surface area contributed by atoms with E-state index in [-0.39, 0.29) is 5.97 Å². The van der Waals surface area contributed by atoms with Gasteiger partial charge in [-0.15, -0.1) is 0 Å². The molecule has 1 aromatic carbocycles. The largest absolute Gasteiger partial charge is 0.465 e. The highest BCUT2D eigenvalue weighted by Crippen LogP contribution is 2.10. The van der Waals surface area contributed by atoms with Gasteiger partial charge in [-0.05, 0) is 35.9 Å². The van der Waals surface area contributed by atoms with E-state index in [4.69, 9.17) is 0 Å². The molecular formula is C15H15NO2. The van der Waals surface area contributed by atoms with Gasteiger partial charge in [-0.3, -0.25) is 0 Å². The fourth-order valence-electron chi connectivity index (χ4n) is 1.68. The summed E-state index contributed by atoms with van der Waals surface area (Å²) in [5.74, 6) is -0.312. The van der Waals surface area contributed by atoms with Crippen LogP contribution in [0.5, 0.6) is 0 Å². The van der Waals surface area contributed by atoms with Crippen molar-refractivity contribution in [2.24, 2.45) is 7.05 Å². The topological polar surface area (TPSA) is 31.2 Å². The Morgan fingerprint density at radius 2 is 1.89 bits per heavy atom. The van der Waals surface area contributed by atoms with Crippen molar-refractivity contribution >= 4 is 18.1 Å². The molecular weight excluding hydrogens is 226 g/mol. The zero-order valence-corrected chi connectivity index (χ0v) is 10.5. The van der Waals surface area contributed by atoms with Gasteiger partial charge in [-0.25, -0.2) is 4.79 Å². The van der Waals surface area contributed by atoms with Crippen molar-refractivity contribution in [2.75, 3.05) is 7.11 Å². The van der Waals surface area contributed by atoms with E-state index < -0.39 is 0 Å². The minimum atomic E-state index is -0.312. The molecule has 0 aliphatic rings. The Morgan fingerprint density at radius 3 is 2.44 bits per heavy atom. The van der Waals surface area contributed by atoms with Gasteiger partial charge in [0.1, 0.15) is 0 Å². The van der Waals surface area contributed by atoms with Crippen molar-refractivity contribution < 1.29 is 9.53 Å². The number of carbonyl (C=O) groups is 1. The summed E-state index contributed by atoms with van der Waals surface area (Å²) in [5.41, 5.74) is 2.74. The molecule has 2 rings (SSSR count). The molecule has 3 nitrogen and oxygen atoms in total. The van der Waals surface area contributed by atoms with Crippen LogP contribution in [0.25, 0.3) is 12.2 Å². The number of esters is 1. The highest BCUT2D eigenvalue weighted by molar-refractivity contribution is 5.89. The van der Waals surface area contributed by atoms with Gasteiger partial charge in [0.15, 0.2) is 0 Å². The predicted octanol–water partition coefficient (Wildman–Crippen LogP) is 2.98. The third-order valence-electron chi connectivity index (χ3n) is 2.76. The molecule has 0 unspecified atom stereocenters. The predicted molar refractivity (Wildman–Crippen MR) is 72.1 cm³/mol. The van der Waals surface area contributed by atoms with E-state index in [1.807, 2.05) is 54.2 Å². The van der Waals surface area contributed by atoms with Gasteiger partial charge >= 0.3 is 5.97 Å². The molecule has 0 atom stereocenters. The second-order valence-electron chi connectivity index (χ2n) is 3.99. The van der Waals surface area contributed by atoms with Crippen molar-refractivity contribution in [1.29, 1.82) is 0 Å². The second-order valence-corrected chi connectivity index (χ2v) is 3.99. The highest BCUT2D eigenvalue weighted by Gasteiger charge is 2.03. The summed E-state index contributed by atoms with van der Waals surface area (Å²) in [5, 5.41) is 0. The van der Waals surface area contributed by atoms with Crippen LogP contribution in [0.2, 0.25) is 0 Å². The molecule has 0 bridgehead atoms. The number of rotatable bonds is 3. The summed E-state index contributed by atoms with van der Waals surface area (Å²) in [6.07, 6.45) is 6.05. The highest BCUT2D eigenvalue weighted by atomic mass is 16.5. The average Bonchev–Trinajstić information content (AvgIpc) is 2.81. The van der Waals surface area contributed by atoms with Crippen molar-refractivity contribution in [3.63, 3.8) is 0 Å².